The lowest BCUT2D eigenvalue weighted by Crippen LogP contribution is -2.15. The van der Waals surface area contributed by atoms with E-state index in [-0.39, 0.29) is 5.02 Å². The monoisotopic (exact) mass is 295 g/mol. The highest BCUT2D eigenvalue weighted by Crippen LogP contribution is 2.41. The lowest BCUT2D eigenvalue weighted by Gasteiger charge is -2.21. The number of fused-ring (bicyclic) bond motifs is 1. The topological polar surface area (TPSA) is 44.5 Å². The first kappa shape index (κ1) is 14.6. The fraction of sp³-hybridized carbons (Fsp3) is 0.200. The average Bonchev–Trinajstić information content (AvgIpc) is 2.52. The molecule has 0 aliphatic carbocycles. The van der Waals surface area contributed by atoms with E-state index < -0.39 is 5.82 Å². The zero-order valence-corrected chi connectivity index (χ0v) is 11.8. The first-order valence-electron chi connectivity index (χ1n) is 6.18. The lowest BCUT2D eigenvalue weighted by atomic mass is 10.0. The fourth-order valence-electron chi connectivity index (χ4n) is 2.00. The summed E-state index contributed by atoms with van der Waals surface area (Å²) in [6.45, 7) is 0.973. The minimum Gasteiger partial charge on any atom is -0.486 e. The smallest absolute Gasteiger partial charge is 0.169 e. The summed E-state index contributed by atoms with van der Waals surface area (Å²) in [6, 6.07) is 10.3. The first-order valence-corrected chi connectivity index (χ1v) is 6.56. The molecule has 0 amide bonds. The summed E-state index contributed by atoms with van der Waals surface area (Å²) in [5.74, 6) is 0.768. The largest absolute Gasteiger partial charge is 0.486 e. The molecule has 0 spiro atoms. The van der Waals surface area contributed by atoms with E-state index in [4.69, 9.17) is 21.1 Å². The molecule has 0 bridgehead atoms. The third-order valence-electron chi connectivity index (χ3n) is 2.81. The van der Waals surface area contributed by atoms with Gasteiger partial charge >= 0.3 is 0 Å². The Hall–Kier alpha value is -1.78. The number of rotatable bonds is 1. The summed E-state index contributed by atoms with van der Waals surface area (Å²) < 4.78 is 25.1. The first-order chi connectivity index (χ1) is 9.77. The van der Waals surface area contributed by atoms with Gasteiger partial charge < -0.3 is 15.2 Å². The maximum absolute atomic E-state index is 14.0. The van der Waals surface area contributed by atoms with E-state index in [0.717, 1.165) is 0 Å². The van der Waals surface area contributed by atoms with E-state index in [9.17, 15) is 4.39 Å². The third kappa shape index (κ3) is 2.71. The normalized spacial score (nSPS) is 12.4. The number of hydrogen-bond donors (Lipinski definition) is 1. The van der Waals surface area contributed by atoms with Crippen molar-refractivity contribution in [3.05, 3.63) is 47.2 Å². The molecule has 1 aliphatic rings. The van der Waals surface area contributed by atoms with Crippen LogP contribution in [0.15, 0.2) is 36.4 Å². The van der Waals surface area contributed by atoms with Crippen molar-refractivity contribution in [2.75, 3.05) is 20.3 Å². The summed E-state index contributed by atoms with van der Waals surface area (Å²) in [7, 11) is 1.50. The van der Waals surface area contributed by atoms with Crippen LogP contribution in [0, 0.1) is 5.82 Å². The van der Waals surface area contributed by atoms with Crippen molar-refractivity contribution < 1.29 is 13.9 Å². The highest BCUT2D eigenvalue weighted by atomic mass is 35.5. The van der Waals surface area contributed by atoms with E-state index in [1.54, 1.807) is 24.3 Å². The van der Waals surface area contributed by atoms with Crippen LogP contribution in [-0.4, -0.2) is 20.3 Å². The van der Waals surface area contributed by atoms with Crippen LogP contribution in [-0.2, 0) is 0 Å². The molecule has 0 fully saturated rings. The fourth-order valence-corrected chi connectivity index (χ4v) is 2.17. The van der Waals surface area contributed by atoms with Gasteiger partial charge in [-0.15, -0.1) is 0 Å². The lowest BCUT2D eigenvalue weighted by molar-refractivity contribution is 0.172. The van der Waals surface area contributed by atoms with Crippen LogP contribution in [0.4, 0.5) is 4.39 Å². The molecular formula is C15H15ClFNO2. The van der Waals surface area contributed by atoms with Crippen LogP contribution < -0.4 is 15.2 Å². The number of hydrogen-bond acceptors (Lipinski definition) is 3. The SMILES string of the molecule is CN.Fc1c(Cl)cccc1-c1cccc2c1OCCO2. The Morgan fingerprint density at radius 1 is 1.00 bits per heavy atom. The zero-order chi connectivity index (χ0) is 14.5. The van der Waals surface area contributed by atoms with Crippen molar-refractivity contribution in [1.82, 2.24) is 0 Å². The molecule has 0 aromatic heterocycles. The second-order valence-corrected chi connectivity index (χ2v) is 4.34. The van der Waals surface area contributed by atoms with Gasteiger partial charge in [0.15, 0.2) is 11.5 Å². The van der Waals surface area contributed by atoms with E-state index >= 15 is 0 Å². The molecule has 1 aliphatic heterocycles. The number of ether oxygens (including phenoxy) is 2. The van der Waals surface area contributed by atoms with Crippen LogP contribution in [0.5, 0.6) is 11.5 Å². The van der Waals surface area contributed by atoms with E-state index in [1.165, 1.54) is 13.1 Å². The van der Waals surface area contributed by atoms with Crippen molar-refractivity contribution in [3.8, 4) is 22.6 Å². The molecule has 2 aromatic rings. The Bertz CT molecular complexity index is 604. The Balaban J connectivity index is 0.000000704. The van der Waals surface area contributed by atoms with Crippen molar-refractivity contribution in [2.45, 2.75) is 0 Å². The molecule has 2 aromatic carbocycles. The minimum absolute atomic E-state index is 0.0989. The number of nitrogens with two attached hydrogens (primary N) is 1. The number of para-hydroxylation sites is 1. The summed E-state index contributed by atoms with van der Waals surface area (Å²) in [6.07, 6.45) is 0. The average molecular weight is 296 g/mol. The van der Waals surface area contributed by atoms with Gasteiger partial charge in [0.25, 0.3) is 0 Å². The molecule has 106 valence electrons. The quantitative estimate of drug-likeness (QED) is 0.876. The van der Waals surface area contributed by atoms with Gasteiger partial charge in [0.05, 0.1) is 5.02 Å². The van der Waals surface area contributed by atoms with Gasteiger partial charge in [0, 0.05) is 11.1 Å². The number of benzene rings is 2. The van der Waals surface area contributed by atoms with E-state index in [2.05, 4.69) is 5.73 Å². The maximum Gasteiger partial charge on any atom is 0.169 e. The second-order valence-electron chi connectivity index (χ2n) is 3.93. The van der Waals surface area contributed by atoms with Crippen molar-refractivity contribution >= 4 is 11.6 Å². The van der Waals surface area contributed by atoms with Gasteiger partial charge in [-0.25, -0.2) is 4.39 Å². The van der Waals surface area contributed by atoms with Gasteiger partial charge in [0.1, 0.15) is 19.0 Å². The molecule has 20 heavy (non-hydrogen) atoms. The van der Waals surface area contributed by atoms with E-state index in [0.29, 0.717) is 35.8 Å². The Morgan fingerprint density at radius 3 is 2.45 bits per heavy atom. The van der Waals surface area contributed by atoms with Crippen LogP contribution in [0.3, 0.4) is 0 Å². The molecule has 5 heteroatoms. The molecule has 0 unspecified atom stereocenters. The molecule has 3 rings (SSSR count). The standard InChI is InChI=1S/C14H10ClFO2.CH5N/c15-11-5-1-3-9(13(11)16)10-4-2-6-12-14(10)18-8-7-17-12;1-2/h1-6H,7-8H2;2H2,1H3. The van der Waals surface area contributed by atoms with Gasteiger partial charge in [0.2, 0.25) is 0 Å². The van der Waals surface area contributed by atoms with Crippen LogP contribution >= 0.6 is 11.6 Å². The Kier molecular flexibility index (Phi) is 4.82. The third-order valence-corrected chi connectivity index (χ3v) is 3.10. The molecule has 3 nitrogen and oxygen atoms in total. The molecule has 0 atom stereocenters. The zero-order valence-electron chi connectivity index (χ0n) is 11.0. The predicted molar refractivity (Wildman–Crippen MR) is 77.9 cm³/mol. The highest BCUT2D eigenvalue weighted by molar-refractivity contribution is 6.31. The van der Waals surface area contributed by atoms with Crippen LogP contribution in [0.2, 0.25) is 5.02 Å². The van der Waals surface area contributed by atoms with E-state index in [1.807, 2.05) is 6.07 Å². The number of halogens is 2. The van der Waals surface area contributed by atoms with Gasteiger partial charge in [-0.2, -0.15) is 0 Å². The van der Waals surface area contributed by atoms with Crippen LogP contribution in [0.25, 0.3) is 11.1 Å². The van der Waals surface area contributed by atoms with Gasteiger partial charge in [-0.3, -0.25) is 0 Å². The summed E-state index contributed by atoms with van der Waals surface area (Å²) in [5.41, 5.74) is 5.58. The predicted octanol–water partition coefficient (Wildman–Crippen LogP) is 3.49. The van der Waals surface area contributed by atoms with Crippen molar-refractivity contribution in [3.63, 3.8) is 0 Å². The molecule has 0 radical (unpaired) electrons. The van der Waals surface area contributed by atoms with Crippen molar-refractivity contribution in [2.24, 2.45) is 5.73 Å². The van der Waals surface area contributed by atoms with Gasteiger partial charge in [-0.1, -0.05) is 35.9 Å². The Morgan fingerprint density at radius 2 is 1.65 bits per heavy atom. The molecule has 0 saturated carbocycles. The molecular weight excluding hydrogens is 281 g/mol. The van der Waals surface area contributed by atoms with Crippen molar-refractivity contribution in [1.29, 1.82) is 0 Å². The van der Waals surface area contributed by atoms with Crippen LogP contribution in [0.1, 0.15) is 0 Å². The second kappa shape index (κ2) is 6.59. The molecule has 1 heterocycles. The molecule has 2 N–H and O–H groups in total. The van der Waals surface area contributed by atoms with Gasteiger partial charge in [-0.05, 0) is 19.2 Å². The maximum atomic E-state index is 14.0. The summed E-state index contributed by atoms with van der Waals surface area (Å²) in [5, 5.41) is 0.0989. The highest BCUT2D eigenvalue weighted by Gasteiger charge is 2.19. The molecule has 0 saturated heterocycles. The minimum atomic E-state index is -0.443. The Labute approximate surface area is 122 Å². The summed E-state index contributed by atoms with van der Waals surface area (Å²) in [4.78, 5) is 0. The summed E-state index contributed by atoms with van der Waals surface area (Å²) >= 11 is 5.80.